The Kier molecular flexibility index (Phi) is 6.49. The summed E-state index contributed by atoms with van der Waals surface area (Å²) in [5.74, 6) is 1.24. The van der Waals surface area contributed by atoms with Gasteiger partial charge in [0.25, 0.3) is 0 Å². The SMILES string of the molecule is COc1ccccc1N1CCN(C(c2ccccc2F)c2nnnn2Cc2ccccc2)CC1. The number of benzene rings is 3. The third-order valence-electron chi connectivity index (χ3n) is 6.28. The molecule has 1 fully saturated rings. The van der Waals surface area contributed by atoms with Gasteiger partial charge >= 0.3 is 0 Å². The molecule has 0 N–H and O–H groups in total. The number of nitrogens with zero attached hydrogens (tertiary/aromatic N) is 6. The van der Waals surface area contributed by atoms with Crippen LogP contribution in [0.1, 0.15) is 23.0 Å². The van der Waals surface area contributed by atoms with Crippen molar-refractivity contribution in [3.8, 4) is 5.75 Å². The molecule has 0 aliphatic carbocycles. The van der Waals surface area contributed by atoms with E-state index < -0.39 is 0 Å². The first kappa shape index (κ1) is 22.0. The highest BCUT2D eigenvalue weighted by molar-refractivity contribution is 5.58. The zero-order valence-corrected chi connectivity index (χ0v) is 19.1. The Bertz CT molecular complexity index is 1220. The number of tetrazole rings is 1. The Morgan fingerprint density at radius 2 is 1.59 bits per heavy atom. The highest BCUT2D eigenvalue weighted by Gasteiger charge is 2.32. The molecular weight excluding hydrogens is 431 g/mol. The summed E-state index contributed by atoms with van der Waals surface area (Å²) in [7, 11) is 1.69. The van der Waals surface area contributed by atoms with Crippen LogP contribution in [0, 0.1) is 5.82 Å². The van der Waals surface area contributed by atoms with Crippen molar-refractivity contribution < 1.29 is 9.13 Å². The van der Waals surface area contributed by atoms with Gasteiger partial charge in [0.1, 0.15) is 17.6 Å². The van der Waals surface area contributed by atoms with Gasteiger partial charge in [-0.3, -0.25) is 4.90 Å². The molecule has 4 aromatic rings. The first-order valence-corrected chi connectivity index (χ1v) is 11.4. The molecular formula is C26H27FN6O. The van der Waals surface area contributed by atoms with Gasteiger partial charge in [-0.1, -0.05) is 60.7 Å². The standard InChI is InChI=1S/C26H27FN6O/c1-34-24-14-8-7-13-23(24)31-15-17-32(18-16-31)25(21-11-5-6-12-22(21)27)26-28-29-30-33(26)19-20-9-3-2-4-10-20/h2-14,25H,15-19H2,1H3. The highest BCUT2D eigenvalue weighted by atomic mass is 19.1. The summed E-state index contributed by atoms with van der Waals surface area (Å²) >= 11 is 0. The molecule has 1 atom stereocenters. The average molecular weight is 459 g/mol. The highest BCUT2D eigenvalue weighted by Crippen LogP contribution is 2.33. The summed E-state index contributed by atoms with van der Waals surface area (Å²) in [6.45, 7) is 3.55. The van der Waals surface area contributed by atoms with Gasteiger partial charge in [0.05, 0.1) is 19.3 Å². The van der Waals surface area contributed by atoms with Crippen molar-refractivity contribution >= 4 is 5.69 Å². The van der Waals surface area contributed by atoms with Crippen molar-refractivity contribution in [2.75, 3.05) is 38.2 Å². The van der Waals surface area contributed by atoms with Crippen LogP contribution < -0.4 is 9.64 Å². The van der Waals surface area contributed by atoms with Gasteiger partial charge in [0, 0.05) is 31.7 Å². The summed E-state index contributed by atoms with van der Waals surface area (Å²) < 4.78 is 22.4. The quantitative estimate of drug-likeness (QED) is 0.420. The Morgan fingerprint density at radius 3 is 2.35 bits per heavy atom. The third kappa shape index (κ3) is 4.49. The number of ether oxygens (including phenoxy) is 1. The fraction of sp³-hybridized carbons (Fsp3) is 0.269. The smallest absolute Gasteiger partial charge is 0.173 e. The molecule has 34 heavy (non-hydrogen) atoms. The molecule has 1 aliphatic rings. The van der Waals surface area contributed by atoms with E-state index >= 15 is 4.39 Å². The minimum absolute atomic E-state index is 0.256. The Hall–Kier alpha value is -3.78. The van der Waals surface area contributed by atoms with Crippen molar-refractivity contribution in [1.29, 1.82) is 0 Å². The zero-order chi connectivity index (χ0) is 23.3. The molecule has 2 heterocycles. The minimum Gasteiger partial charge on any atom is -0.495 e. The van der Waals surface area contributed by atoms with Crippen molar-refractivity contribution in [2.24, 2.45) is 0 Å². The molecule has 1 saturated heterocycles. The molecule has 0 amide bonds. The topological polar surface area (TPSA) is 59.3 Å². The lowest BCUT2D eigenvalue weighted by Gasteiger charge is -2.40. The average Bonchev–Trinajstić information content (AvgIpc) is 3.34. The van der Waals surface area contributed by atoms with E-state index in [2.05, 4.69) is 31.4 Å². The second-order valence-electron chi connectivity index (χ2n) is 8.30. The largest absolute Gasteiger partial charge is 0.495 e. The van der Waals surface area contributed by atoms with Crippen molar-refractivity contribution in [2.45, 2.75) is 12.6 Å². The van der Waals surface area contributed by atoms with E-state index in [1.54, 1.807) is 17.9 Å². The lowest BCUT2D eigenvalue weighted by molar-refractivity contribution is 0.197. The van der Waals surface area contributed by atoms with Crippen LogP contribution >= 0.6 is 0 Å². The number of rotatable bonds is 7. The molecule has 0 saturated carbocycles. The monoisotopic (exact) mass is 458 g/mol. The number of methoxy groups -OCH3 is 1. The molecule has 1 aliphatic heterocycles. The Morgan fingerprint density at radius 1 is 0.882 bits per heavy atom. The number of piperazine rings is 1. The molecule has 5 rings (SSSR count). The second-order valence-corrected chi connectivity index (χ2v) is 8.30. The van der Waals surface area contributed by atoms with Gasteiger partial charge in [0.2, 0.25) is 0 Å². The summed E-state index contributed by atoms with van der Waals surface area (Å²) in [6, 6.07) is 24.6. The zero-order valence-electron chi connectivity index (χ0n) is 19.1. The lowest BCUT2D eigenvalue weighted by atomic mass is 10.0. The second kappa shape index (κ2) is 10.0. The van der Waals surface area contributed by atoms with Gasteiger partial charge in [-0.2, -0.15) is 0 Å². The number of para-hydroxylation sites is 2. The summed E-state index contributed by atoms with van der Waals surface area (Å²) in [4.78, 5) is 4.57. The van der Waals surface area contributed by atoms with Crippen molar-refractivity contribution in [3.63, 3.8) is 0 Å². The van der Waals surface area contributed by atoms with Crippen LogP contribution in [-0.2, 0) is 6.54 Å². The number of halogens is 1. The number of hydrogen-bond acceptors (Lipinski definition) is 6. The van der Waals surface area contributed by atoms with Crippen molar-refractivity contribution in [1.82, 2.24) is 25.1 Å². The van der Waals surface area contributed by atoms with E-state index in [4.69, 9.17) is 4.74 Å². The van der Waals surface area contributed by atoms with Gasteiger partial charge < -0.3 is 9.64 Å². The first-order chi connectivity index (χ1) is 16.7. The number of hydrogen-bond donors (Lipinski definition) is 0. The fourth-order valence-corrected chi connectivity index (χ4v) is 4.58. The van der Waals surface area contributed by atoms with Crippen LogP contribution in [0.2, 0.25) is 0 Å². The molecule has 174 valence electrons. The molecule has 3 aromatic carbocycles. The molecule has 0 radical (unpaired) electrons. The van der Waals surface area contributed by atoms with Crippen molar-refractivity contribution in [3.05, 3.63) is 102 Å². The normalized spacial score (nSPS) is 15.3. The summed E-state index contributed by atoms with van der Waals surface area (Å²) in [6.07, 6.45) is 0. The lowest BCUT2D eigenvalue weighted by Crippen LogP contribution is -2.48. The number of aromatic nitrogens is 4. The van der Waals surface area contributed by atoms with E-state index in [1.165, 1.54) is 6.07 Å². The molecule has 1 aromatic heterocycles. The van der Waals surface area contributed by atoms with E-state index in [0.29, 0.717) is 17.9 Å². The minimum atomic E-state index is -0.389. The molecule has 7 nitrogen and oxygen atoms in total. The van der Waals surface area contributed by atoms with E-state index in [9.17, 15) is 0 Å². The Balaban J connectivity index is 1.44. The van der Waals surface area contributed by atoms with Crippen LogP contribution in [-0.4, -0.2) is 58.4 Å². The fourth-order valence-electron chi connectivity index (χ4n) is 4.58. The van der Waals surface area contributed by atoms with Gasteiger partial charge in [-0.15, -0.1) is 5.10 Å². The summed E-state index contributed by atoms with van der Waals surface area (Å²) in [5.41, 5.74) is 2.74. The maximum Gasteiger partial charge on any atom is 0.173 e. The van der Waals surface area contributed by atoms with Crippen LogP contribution in [0.15, 0.2) is 78.9 Å². The maximum atomic E-state index is 15.1. The van der Waals surface area contributed by atoms with E-state index in [1.807, 2.05) is 60.7 Å². The predicted molar refractivity (Wildman–Crippen MR) is 128 cm³/mol. The molecule has 1 unspecified atom stereocenters. The molecule has 8 heteroatoms. The van der Waals surface area contributed by atoms with Crippen LogP contribution in [0.5, 0.6) is 5.75 Å². The van der Waals surface area contributed by atoms with E-state index in [-0.39, 0.29) is 11.9 Å². The van der Waals surface area contributed by atoms with E-state index in [0.717, 1.165) is 43.2 Å². The molecule has 0 bridgehead atoms. The predicted octanol–water partition coefficient (Wildman–Crippen LogP) is 3.78. The van der Waals surface area contributed by atoms with Crippen LogP contribution in [0.4, 0.5) is 10.1 Å². The van der Waals surface area contributed by atoms with Gasteiger partial charge in [-0.25, -0.2) is 9.07 Å². The van der Waals surface area contributed by atoms with Crippen LogP contribution in [0.25, 0.3) is 0 Å². The van der Waals surface area contributed by atoms with Gasteiger partial charge in [-0.05, 0) is 34.2 Å². The Labute approximate surface area is 198 Å². The third-order valence-corrected chi connectivity index (χ3v) is 6.28. The van der Waals surface area contributed by atoms with Gasteiger partial charge in [0.15, 0.2) is 5.82 Å². The maximum absolute atomic E-state index is 15.1. The van der Waals surface area contributed by atoms with Crippen LogP contribution in [0.3, 0.4) is 0 Å². The first-order valence-electron chi connectivity index (χ1n) is 11.4. The molecule has 0 spiro atoms. The number of anilines is 1. The summed E-state index contributed by atoms with van der Waals surface area (Å²) in [5, 5.41) is 12.6.